The lowest BCUT2D eigenvalue weighted by Crippen LogP contribution is -2.24. The van der Waals surface area contributed by atoms with E-state index >= 15 is 0 Å². The van der Waals surface area contributed by atoms with E-state index in [0.29, 0.717) is 11.6 Å². The number of nitrogens with one attached hydrogen (secondary N) is 1. The summed E-state index contributed by atoms with van der Waals surface area (Å²) in [5.41, 5.74) is 1.50. The molecule has 0 heterocycles. The second-order valence-electron chi connectivity index (χ2n) is 5.08. The number of benzene rings is 1. The standard InChI is InChI=1S/C14H20NO2S/c1-12-7-9-14(10-8-12)15-18(16,17)11-13-5-3-2-4-6-13/h7-10,13,15H,1-6,11H2. The van der Waals surface area contributed by atoms with Gasteiger partial charge in [0.15, 0.2) is 0 Å². The van der Waals surface area contributed by atoms with Crippen molar-refractivity contribution in [2.45, 2.75) is 32.1 Å². The number of hydrogen-bond donors (Lipinski definition) is 1. The van der Waals surface area contributed by atoms with Crippen LogP contribution < -0.4 is 4.72 Å². The van der Waals surface area contributed by atoms with Gasteiger partial charge in [-0.15, -0.1) is 0 Å². The molecule has 0 aromatic heterocycles. The monoisotopic (exact) mass is 266 g/mol. The van der Waals surface area contributed by atoms with Crippen LogP contribution in [0.5, 0.6) is 0 Å². The molecule has 0 unspecified atom stereocenters. The van der Waals surface area contributed by atoms with Crippen molar-refractivity contribution in [3.8, 4) is 0 Å². The quantitative estimate of drug-likeness (QED) is 0.909. The third-order valence-corrected chi connectivity index (χ3v) is 4.86. The molecule has 1 radical (unpaired) electrons. The Morgan fingerprint density at radius 1 is 1.11 bits per heavy atom. The number of sulfonamides is 1. The zero-order chi connectivity index (χ0) is 13.0. The van der Waals surface area contributed by atoms with Crippen LogP contribution in [0.25, 0.3) is 0 Å². The number of anilines is 1. The lowest BCUT2D eigenvalue weighted by atomic mass is 9.91. The summed E-state index contributed by atoms with van der Waals surface area (Å²) in [6.07, 6.45) is 5.65. The largest absolute Gasteiger partial charge is 0.284 e. The number of hydrogen-bond acceptors (Lipinski definition) is 2. The Bertz CT molecular complexity index is 473. The van der Waals surface area contributed by atoms with Crippen molar-refractivity contribution in [2.24, 2.45) is 5.92 Å². The Labute approximate surface area is 110 Å². The molecule has 0 spiro atoms. The molecule has 1 aromatic carbocycles. The van der Waals surface area contributed by atoms with Crippen molar-refractivity contribution >= 4 is 15.7 Å². The van der Waals surface area contributed by atoms with Crippen LogP contribution in [0, 0.1) is 12.8 Å². The Kier molecular flexibility index (Phi) is 4.27. The minimum atomic E-state index is -3.22. The minimum Gasteiger partial charge on any atom is -0.284 e. The van der Waals surface area contributed by atoms with E-state index < -0.39 is 10.0 Å². The normalized spacial score (nSPS) is 17.6. The van der Waals surface area contributed by atoms with E-state index in [-0.39, 0.29) is 5.75 Å². The zero-order valence-electron chi connectivity index (χ0n) is 10.6. The second-order valence-corrected chi connectivity index (χ2v) is 6.85. The predicted octanol–water partition coefficient (Wildman–Crippen LogP) is 3.19. The lowest BCUT2D eigenvalue weighted by Gasteiger charge is -2.21. The fourth-order valence-electron chi connectivity index (χ4n) is 2.46. The van der Waals surface area contributed by atoms with E-state index in [0.717, 1.165) is 31.2 Å². The molecular formula is C14H20NO2S. The Morgan fingerprint density at radius 2 is 1.72 bits per heavy atom. The third kappa shape index (κ3) is 4.02. The van der Waals surface area contributed by atoms with Crippen molar-refractivity contribution in [3.05, 3.63) is 36.8 Å². The first-order chi connectivity index (χ1) is 8.55. The van der Waals surface area contributed by atoms with Crippen molar-refractivity contribution in [1.29, 1.82) is 0 Å². The summed E-state index contributed by atoms with van der Waals surface area (Å²) in [6.45, 7) is 3.77. The fraction of sp³-hybridized carbons (Fsp3) is 0.500. The molecule has 0 saturated heterocycles. The molecule has 99 valence electrons. The van der Waals surface area contributed by atoms with Crippen LogP contribution in [0.4, 0.5) is 5.69 Å². The van der Waals surface area contributed by atoms with Gasteiger partial charge in [-0.2, -0.15) is 0 Å². The van der Waals surface area contributed by atoms with Gasteiger partial charge >= 0.3 is 0 Å². The van der Waals surface area contributed by atoms with Gasteiger partial charge in [-0.1, -0.05) is 31.4 Å². The van der Waals surface area contributed by atoms with Gasteiger partial charge in [-0.3, -0.25) is 4.72 Å². The van der Waals surface area contributed by atoms with Gasteiger partial charge in [-0.25, -0.2) is 8.42 Å². The molecule has 1 aromatic rings. The number of rotatable bonds is 4. The summed E-state index contributed by atoms with van der Waals surface area (Å²) in [5, 5.41) is 0. The average molecular weight is 266 g/mol. The van der Waals surface area contributed by atoms with Gasteiger partial charge in [0.2, 0.25) is 10.0 Å². The SMILES string of the molecule is [CH2]c1ccc(NS(=O)(=O)CC2CCCCC2)cc1. The van der Waals surface area contributed by atoms with Crippen LogP contribution >= 0.6 is 0 Å². The average Bonchev–Trinajstić information content (AvgIpc) is 2.32. The van der Waals surface area contributed by atoms with Crippen molar-refractivity contribution in [3.63, 3.8) is 0 Å². The molecule has 1 N–H and O–H groups in total. The van der Waals surface area contributed by atoms with Gasteiger partial charge < -0.3 is 0 Å². The van der Waals surface area contributed by atoms with Crippen LogP contribution in [0.15, 0.2) is 24.3 Å². The molecule has 1 fully saturated rings. The highest BCUT2D eigenvalue weighted by molar-refractivity contribution is 7.92. The summed E-state index contributed by atoms with van der Waals surface area (Å²) >= 11 is 0. The molecule has 0 atom stereocenters. The van der Waals surface area contributed by atoms with Crippen LogP contribution in [-0.4, -0.2) is 14.2 Å². The van der Waals surface area contributed by atoms with Gasteiger partial charge in [0.1, 0.15) is 0 Å². The topological polar surface area (TPSA) is 46.2 Å². The summed E-state index contributed by atoms with van der Waals surface area (Å²) in [7, 11) is -3.22. The van der Waals surface area contributed by atoms with E-state index in [1.165, 1.54) is 6.42 Å². The van der Waals surface area contributed by atoms with Crippen LogP contribution in [-0.2, 0) is 10.0 Å². The fourth-order valence-corrected chi connectivity index (χ4v) is 3.99. The summed E-state index contributed by atoms with van der Waals surface area (Å²) in [6, 6.07) is 7.11. The molecule has 1 saturated carbocycles. The maximum absolute atomic E-state index is 12.0. The molecule has 2 rings (SSSR count). The van der Waals surface area contributed by atoms with Gasteiger partial charge in [0, 0.05) is 5.69 Å². The smallest absolute Gasteiger partial charge is 0.232 e. The molecule has 18 heavy (non-hydrogen) atoms. The highest BCUT2D eigenvalue weighted by atomic mass is 32.2. The first-order valence-corrected chi connectivity index (χ1v) is 8.13. The molecule has 0 amide bonds. The molecular weight excluding hydrogens is 246 g/mol. The van der Waals surface area contributed by atoms with Crippen molar-refractivity contribution in [2.75, 3.05) is 10.5 Å². The highest BCUT2D eigenvalue weighted by Crippen LogP contribution is 2.25. The minimum absolute atomic E-state index is 0.249. The van der Waals surface area contributed by atoms with Crippen LogP contribution in [0.3, 0.4) is 0 Å². The van der Waals surface area contributed by atoms with E-state index in [2.05, 4.69) is 11.6 Å². The van der Waals surface area contributed by atoms with E-state index in [4.69, 9.17) is 0 Å². The maximum atomic E-state index is 12.0. The maximum Gasteiger partial charge on any atom is 0.232 e. The summed E-state index contributed by atoms with van der Waals surface area (Å²) in [5.74, 6) is 0.572. The molecule has 0 aliphatic heterocycles. The zero-order valence-corrected chi connectivity index (χ0v) is 11.4. The van der Waals surface area contributed by atoms with Gasteiger partial charge in [0.25, 0.3) is 0 Å². The van der Waals surface area contributed by atoms with Crippen molar-refractivity contribution < 1.29 is 8.42 Å². The van der Waals surface area contributed by atoms with E-state index in [1.807, 2.05) is 0 Å². The summed E-state index contributed by atoms with van der Waals surface area (Å²) < 4.78 is 26.7. The van der Waals surface area contributed by atoms with Gasteiger partial charge in [-0.05, 0) is 43.4 Å². The predicted molar refractivity (Wildman–Crippen MR) is 74.9 cm³/mol. The molecule has 3 nitrogen and oxygen atoms in total. The molecule has 4 heteroatoms. The van der Waals surface area contributed by atoms with E-state index in [1.54, 1.807) is 24.3 Å². The second kappa shape index (κ2) is 5.74. The van der Waals surface area contributed by atoms with Crippen LogP contribution in [0.2, 0.25) is 0 Å². The first-order valence-electron chi connectivity index (χ1n) is 6.48. The van der Waals surface area contributed by atoms with Crippen LogP contribution in [0.1, 0.15) is 37.7 Å². The Balaban J connectivity index is 1.96. The first kappa shape index (κ1) is 13.4. The molecule has 1 aliphatic rings. The van der Waals surface area contributed by atoms with Crippen molar-refractivity contribution in [1.82, 2.24) is 0 Å². The Morgan fingerprint density at radius 3 is 2.33 bits per heavy atom. The Hall–Kier alpha value is -1.03. The van der Waals surface area contributed by atoms with Gasteiger partial charge in [0.05, 0.1) is 5.75 Å². The highest BCUT2D eigenvalue weighted by Gasteiger charge is 2.21. The third-order valence-electron chi connectivity index (χ3n) is 3.41. The lowest BCUT2D eigenvalue weighted by molar-refractivity contribution is 0.385. The molecule has 1 aliphatic carbocycles. The molecule has 0 bridgehead atoms. The van der Waals surface area contributed by atoms with E-state index in [9.17, 15) is 8.42 Å². The summed E-state index contributed by atoms with van der Waals surface area (Å²) in [4.78, 5) is 0.